The minimum absolute atomic E-state index is 0.00510. The standard InChI is InChI=1S/C24H26N4O4/c1-24(2)21(29)20(27-32-24)15-5-7-16(8-6-15)23(30)28(18-4-3-10-25-12-18)22-19-14-31-13-17(19)9-11-26-22/h5-9,11,18,25H,3-4,10,12-14H2,1-2H3/t18-/m1/s1. The zero-order valence-corrected chi connectivity index (χ0v) is 18.3. The van der Waals surface area contributed by atoms with E-state index < -0.39 is 5.60 Å². The molecule has 4 heterocycles. The molecule has 3 aliphatic rings. The fourth-order valence-electron chi connectivity index (χ4n) is 4.39. The molecule has 0 radical (unpaired) electrons. The number of hydrogen-bond acceptors (Lipinski definition) is 7. The molecular formula is C24H26N4O4. The third-order valence-corrected chi connectivity index (χ3v) is 6.25. The van der Waals surface area contributed by atoms with Crippen LogP contribution in [0.25, 0.3) is 0 Å². The van der Waals surface area contributed by atoms with Gasteiger partial charge in [-0.05, 0) is 57.0 Å². The first-order chi connectivity index (χ1) is 15.5. The molecule has 8 heteroatoms. The molecule has 1 atom stereocenters. The first-order valence-electron chi connectivity index (χ1n) is 11.0. The van der Waals surface area contributed by atoms with Crippen LogP contribution >= 0.6 is 0 Å². The largest absolute Gasteiger partial charge is 0.381 e. The summed E-state index contributed by atoms with van der Waals surface area (Å²) in [5.74, 6) is 0.387. The number of Topliss-reactive ketones (excluding diaryl/α,β-unsaturated/α-hetero) is 1. The minimum atomic E-state index is -0.962. The number of rotatable bonds is 4. The van der Waals surface area contributed by atoms with Gasteiger partial charge < -0.3 is 14.9 Å². The lowest BCUT2D eigenvalue weighted by atomic mass is 9.95. The Balaban J connectivity index is 1.47. The van der Waals surface area contributed by atoms with Crippen molar-refractivity contribution in [3.63, 3.8) is 0 Å². The molecule has 1 N–H and O–H groups in total. The molecule has 32 heavy (non-hydrogen) atoms. The summed E-state index contributed by atoms with van der Waals surface area (Å²) in [6, 6.07) is 8.93. The van der Waals surface area contributed by atoms with Crippen molar-refractivity contribution in [1.29, 1.82) is 0 Å². The number of aromatic nitrogens is 1. The van der Waals surface area contributed by atoms with E-state index in [0.717, 1.165) is 30.5 Å². The molecule has 2 aromatic rings. The number of oxime groups is 1. The lowest BCUT2D eigenvalue weighted by Gasteiger charge is -2.35. The third-order valence-electron chi connectivity index (χ3n) is 6.25. The Morgan fingerprint density at radius 3 is 2.69 bits per heavy atom. The molecule has 1 amide bonds. The van der Waals surface area contributed by atoms with Crippen LogP contribution in [0.15, 0.2) is 41.7 Å². The average Bonchev–Trinajstić information content (AvgIpc) is 3.40. The summed E-state index contributed by atoms with van der Waals surface area (Å²) in [6.45, 7) is 6.04. The first-order valence-corrected chi connectivity index (χ1v) is 11.0. The van der Waals surface area contributed by atoms with Gasteiger partial charge in [-0.15, -0.1) is 0 Å². The van der Waals surface area contributed by atoms with Crippen molar-refractivity contribution >= 4 is 23.2 Å². The maximum Gasteiger partial charge on any atom is 0.259 e. The molecule has 0 bridgehead atoms. The average molecular weight is 434 g/mol. The van der Waals surface area contributed by atoms with E-state index in [1.54, 1.807) is 44.3 Å². The summed E-state index contributed by atoms with van der Waals surface area (Å²) in [5.41, 5.74) is 2.54. The predicted molar refractivity (Wildman–Crippen MR) is 119 cm³/mol. The smallest absolute Gasteiger partial charge is 0.259 e. The molecule has 166 valence electrons. The molecule has 3 aliphatic heterocycles. The van der Waals surface area contributed by atoms with Gasteiger partial charge in [-0.3, -0.25) is 14.5 Å². The molecule has 5 rings (SSSR count). The summed E-state index contributed by atoms with van der Waals surface area (Å²) in [5, 5.41) is 7.35. The molecule has 1 saturated heterocycles. The lowest BCUT2D eigenvalue weighted by molar-refractivity contribution is -0.128. The van der Waals surface area contributed by atoms with Crippen molar-refractivity contribution in [2.45, 2.75) is 51.5 Å². The molecule has 0 spiro atoms. The van der Waals surface area contributed by atoms with Crippen LogP contribution in [0, 0.1) is 0 Å². The van der Waals surface area contributed by atoms with Gasteiger partial charge >= 0.3 is 0 Å². The van der Waals surface area contributed by atoms with Crippen LogP contribution in [0.1, 0.15) is 53.7 Å². The van der Waals surface area contributed by atoms with E-state index in [-0.39, 0.29) is 23.4 Å². The zero-order chi connectivity index (χ0) is 22.3. The molecule has 1 aromatic heterocycles. The maximum atomic E-state index is 13.7. The number of amides is 1. The number of piperidine rings is 1. The van der Waals surface area contributed by atoms with Gasteiger partial charge in [0.2, 0.25) is 5.78 Å². The van der Waals surface area contributed by atoms with Gasteiger partial charge in [0.1, 0.15) is 5.82 Å². The van der Waals surface area contributed by atoms with Gasteiger partial charge in [0.05, 0.1) is 19.3 Å². The Morgan fingerprint density at radius 2 is 2.00 bits per heavy atom. The highest BCUT2D eigenvalue weighted by molar-refractivity contribution is 6.49. The van der Waals surface area contributed by atoms with E-state index in [9.17, 15) is 9.59 Å². The zero-order valence-electron chi connectivity index (χ0n) is 18.3. The summed E-state index contributed by atoms with van der Waals surface area (Å²) in [6.07, 6.45) is 3.64. The number of anilines is 1. The Morgan fingerprint density at radius 1 is 1.19 bits per heavy atom. The van der Waals surface area contributed by atoms with Gasteiger partial charge in [-0.2, -0.15) is 0 Å². The molecule has 8 nitrogen and oxygen atoms in total. The van der Waals surface area contributed by atoms with Crippen molar-refractivity contribution < 1.29 is 19.2 Å². The fraction of sp³-hybridized carbons (Fsp3) is 0.417. The molecule has 1 fully saturated rings. The summed E-state index contributed by atoms with van der Waals surface area (Å²) < 4.78 is 5.63. The van der Waals surface area contributed by atoms with E-state index in [0.29, 0.717) is 36.7 Å². The highest BCUT2D eigenvalue weighted by Gasteiger charge is 2.40. The van der Waals surface area contributed by atoms with Crippen LogP contribution in [0.4, 0.5) is 5.82 Å². The normalized spacial score (nSPS) is 21.6. The number of carbonyl (C=O) groups excluding carboxylic acids is 2. The van der Waals surface area contributed by atoms with E-state index in [1.807, 2.05) is 11.0 Å². The van der Waals surface area contributed by atoms with E-state index in [1.165, 1.54) is 0 Å². The Labute approximate surface area is 186 Å². The highest BCUT2D eigenvalue weighted by atomic mass is 16.7. The van der Waals surface area contributed by atoms with Crippen molar-refractivity contribution in [1.82, 2.24) is 10.3 Å². The number of nitrogens with one attached hydrogen (secondary N) is 1. The van der Waals surface area contributed by atoms with Gasteiger partial charge in [0, 0.05) is 29.4 Å². The fourth-order valence-corrected chi connectivity index (χ4v) is 4.39. The summed E-state index contributed by atoms with van der Waals surface area (Å²) in [7, 11) is 0. The lowest BCUT2D eigenvalue weighted by Crippen LogP contribution is -2.49. The number of nitrogens with zero attached hydrogens (tertiary/aromatic N) is 3. The van der Waals surface area contributed by atoms with Gasteiger partial charge in [-0.1, -0.05) is 17.3 Å². The predicted octanol–water partition coefficient (Wildman–Crippen LogP) is 2.59. The van der Waals surface area contributed by atoms with Crippen LogP contribution in [0.2, 0.25) is 0 Å². The van der Waals surface area contributed by atoms with E-state index in [4.69, 9.17) is 9.57 Å². The van der Waals surface area contributed by atoms with Crippen LogP contribution < -0.4 is 10.2 Å². The van der Waals surface area contributed by atoms with Crippen LogP contribution in [0.5, 0.6) is 0 Å². The monoisotopic (exact) mass is 434 g/mol. The molecule has 0 saturated carbocycles. The van der Waals surface area contributed by atoms with E-state index in [2.05, 4.69) is 15.5 Å². The Hall–Kier alpha value is -3.10. The molecule has 0 unspecified atom stereocenters. The van der Waals surface area contributed by atoms with Crippen molar-refractivity contribution in [2.75, 3.05) is 18.0 Å². The third kappa shape index (κ3) is 3.59. The first kappa shape index (κ1) is 20.8. The molecule has 0 aliphatic carbocycles. The van der Waals surface area contributed by atoms with Crippen molar-refractivity contribution in [3.8, 4) is 0 Å². The Bertz CT molecular complexity index is 1090. The van der Waals surface area contributed by atoms with E-state index >= 15 is 0 Å². The minimum Gasteiger partial charge on any atom is -0.381 e. The van der Waals surface area contributed by atoms with Crippen LogP contribution in [-0.2, 0) is 27.6 Å². The number of ketones is 1. The van der Waals surface area contributed by atoms with Crippen LogP contribution in [0.3, 0.4) is 0 Å². The summed E-state index contributed by atoms with van der Waals surface area (Å²) in [4.78, 5) is 37.9. The second-order valence-electron chi connectivity index (χ2n) is 8.89. The second kappa shape index (κ2) is 8.11. The second-order valence-corrected chi connectivity index (χ2v) is 8.89. The number of hydrogen-bond donors (Lipinski definition) is 1. The number of benzene rings is 1. The number of pyridine rings is 1. The van der Waals surface area contributed by atoms with Gasteiger partial charge in [0.15, 0.2) is 11.3 Å². The van der Waals surface area contributed by atoms with Crippen LogP contribution in [-0.4, -0.2) is 47.1 Å². The SMILES string of the molecule is CC1(C)ON=C(c2ccc(C(=O)N(c3nccc4c3COC4)[C@@H]3CCCNC3)cc2)C1=O. The molecule has 1 aromatic carbocycles. The van der Waals surface area contributed by atoms with Gasteiger partial charge in [-0.25, -0.2) is 4.98 Å². The highest BCUT2D eigenvalue weighted by Crippen LogP contribution is 2.31. The van der Waals surface area contributed by atoms with Crippen molar-refractivity contribution in [3.05, 3.63) is 58.8 Å². The topological polar surface area (TPSA) is 93.1 Å². The van der Waals surface area contributed by atoms with Gasteiger partial charge in [0.25, 0.3) is 5.91 Å². The molecular weight excluding hydrogens is 408 g/mol. The number of fused-ring (bicyclic) bond motifs is 1. The summed E-state index contributed by atoms with van der Waals surface area (Å²) >= 11 is 0. The Kier molecular flexibility index (Phi) is 5.27. The maximum absolute atomic E-state index is 13.7. The van der Waals surface area contributed by atoms with Crippen molar-refractivity contribution in [2.24, 2.45) is 5.16 Å². The number of carbonyl (C=O) groups is 2. The quantitative estimate of drug-likeness (QED) is 0.795. The number of ether oxygens (including phenoxy) is 1.